The van der Waals surface area contributed by atoms with E-state index in [1.165, 1.54) is 11.1 Å². The normalized spacial score (nSPS) is 17.9. The van der Waals surface area contributed by atoms with E-state index >= 15 is 0 Å². The largest absolute Gasteiger partial charge is 0.486 e. The van der Waals surface area contributed by atoms with Crippen LogP contribution >= 0.6 is 12.2 Å². The van der Waals surface area contributed by atoms with Gasteiger partial charge in [-0.25, -0.2) is 0 Å². The summed E-state index contributed by atoms with van der Waals surface area (Å²) in [5, 5.41) is 9.77. The topological polar surface area (TPSA) is 23.5 Å². The molecule has 0 fully saturated rings. The molecule has 0 unspecified atom stereocenters. The van der Waals surface area contributed by atoms with Gasteiger partial charge in [0.2, 0.25) is 0 Å². The van der Waals surface area contributed by atoms with E-state index in [0.717, 1.165) is 18.5 Å². The van der Waals surface area contributed by atoms with Crippen molar-refractivity contribution in [2.24, 2.45) is 0 Å². The predicted octanol–water partition coefficient (Wildman–Crippen LogP) is 3.48. The Balaban J connectivity index is 2.13. The second-order valence-corrected chi connectivity index (χ2v) is 5.10. The Morgan fingerprint density at radius 3 is 2.47 bits per heavy atom. The quantitative estimate of drug-likeness (QED) is 0.802. The van der Waals surface area contributed by atoms with Crippen molar-refractivity contribution in [2.75, 3.05) is 6.54 Å². The lowest BCUT2D eigenvalue weighted by atomic mass is 9.88. The summed E-state index contributed by atoms with van der Waals surface area (Å²) in [7, 11) is 0. The Bertz CT molecular complexity index is 597. The standard InChI is InChI=1S/C16H15NOS/c18-16(19)17-11-10-12-6-4-5-9-14(12)15(17)13-7-2-1-3-8-13/h1-9,15H,10-11H2,(H,18,19)/t15-/m0/s1. The highest BCUT2D eigenvalue weighted by Gasteiger charge is 2.29. The molecule has 0 radical (unpaired) electrons. The lowest BCUT2D eigenvalue weighted by molar-refractivity contribution is 0.287. The van der Waals surface area contributed by atoms with Crippen LogP contribution in [0.5, 0.6) is 0 Å². The third-order valence-electron chi connectivity index (χ3n) is 3.64. The van der Waals surface area contributed by atoms with Crippen molar-refractivity contribution in [3.63, 3.8) is 0 Å². The molecule has 1 aliphatic heterocycles. The summed E-state index contributed by atoms with van der Waals surface area (Å²) in [6, 6.07) is 18.6. The van der Waals surface area contributed by atoms with Crippen molar-refractivity contribution in [2.45, 2.75) is 12.5 Å². The van der Waals surface area contributed by atoms with E-state index in [2.05, 4.69) is 30.3 Å². The summed E-state index contributed by atoms with van der Waals surface area (Å²) >= 11 is 5.00. The second-order valence-electron chi connectivity index (χ2n) is 4.74. The molecule has 1 heterocycles. The average Bonchev–Trinajstić information content (AvgIpc) is 2.46. The molecule has 0 spiro atoms. The predicted molar refractivity (Wildman–Crippen MR) is 80.4 cm³/mol. The smallest absolute Gasteiger partial charge is 0.257 e. The SMILES string of the molecule is OC(=S)N1CCc2ccccc2[C@@H]1c1ccccc1. The lowest BCUT2D eigenvalue weighted by Crippen LogP contribution is -2.39. The zero-order valence-electron chi connectivity index (χ0n) is 10.5. The van der Waals surface area contributed by atoms with Gasteiger partial charge in [0.15, 0.2) is 0 Å². The molecule has 1 N–H and O–H groups in total. The molecule has 2 aromatic rings. The molecule has 0 aromatic heterocycles. The lowest BCUT2D eigenvalue weighted by Gasteiger charge is -2.37. The van der Waals surface area contributed by atoms with Gasteiger partial charge in [-0.3, -0.25) is 0 Å². The maximum Gasteiger partial charge on any atom is 0.257 e. The Hall–Kier alpha value is -1.87. The van der Waals surface area contributed by atoms with Crippen LogP contribution in [0.15, 0.2) is 54.6 Å². The minimum Gasteiger partial charge on any atom is -0.486 e. The summed E-state index contributed by atoms with van der Waals surface area (Å²) in [5.74, 6) is 0. The van der Waals surface area contributed by atoms with Crippen LogP contribution in [0.3, 0.4) is 0 Å². The van der Waals surface area contributed by atoms with Crippen LogP contribution in [0, 0.1) is 0 Å². The van der Waals surface area contributed by atoms with E-state index in [1.54, 1.807) is 0 Å². The zero-order valence-corrected chi connectivity index (χ0v) is 11.3. The number of aliphatic hydroxyl groups excluding tert-OH is 1. The molecule has 96 valence electrons. The summed E-state index contributed by atoms with van der Waals surface area (Å²) in [6.07, 6.45) is 0.917. The van der Waals surface area contributed by atoms with Gasteiger partial charge in [-0.1, -0.05) is 54.6 Å². The van der Waals surface area contributed by atoms with E-state index in [9.17, 15) is 5.11 Å². The van der Waals surface area contributed by atoms with Crippen LogP contribution in [0.1, 0.15) is 22.7 Å². The van der Waals surface area contributed by atoms with Crippen LogP contribution in [0.2, 0.25) is 0 Å². The Morgan fingerprint density at radius 1 is 1.05 bits per heavy atom. The number of aliphatic hydroxyl groups is 1. The van der Waals surface area contributed by atoms with Gasteiger partial charge in [-0.05, 0) is 35.3 Å². The molecule has 3 heteroatoms. The zero-order chi connectivity index (χ0) is 13.2. The van der Waals surface area contributed by atoms with Crippen LogP contribution in [-0.4, -0.2) is 21.7 Å². The maximum atomic E-state index is 9.79. The average molecular weight is 269 g/mol. The number of hydrogen-bond acceptors (Lipinski definition) is 1. The molecule has 0 saturated heterocycles. The van der Waals surface area contributed by atoms with E-state index < -0.39 is 0 Å². The van der Waals surface area contributed by atoms with Crippen molar-refractivity contribution in [1.82, 2.24) is 4.90 Å². The van der Waals surface area contributed by atoms with Gasteiger partial charge in [-0.15, -0.1) is 0 Å². The second kappa shape index (κ2) is 5.02. The summed E-state index contributed by atoms with van der Waals surface area (Å²) in [6.45, 7) is 0.756. The first-order chi connectivity index (χ1) is 9.27. The first-order valence-corrected chi connectivity index (χ1v) is 6.80. The van der Waals surface area contributed by atoms with E-state index in [1.807, 2.05) is 29.2 Å². The third-order valence-corrected chi connectivity index (χ3v) is 3.88. The fraction of sp³-hybridized carbons (Fsp3) is 0.188. The van der Waals surface area contributed by atoms with E-state index in [-0.39, 0.29) is 11.2 Å². The number of nitrogens with zero attached hydrogens (tertiary/aromatic N) is 1. The first kappa shape index (κ1) is 12.2. The monoisotopic (exact) mass is 269 g/mol. The van der Waals surface area contributed by atoms with Crippen LogP contribution in [0.25, 0.3) is 0 Å². The maximum absolute atomic E-state index is 9.79. The molecule has 2 aromatic carbocycles. The summed E-state index contributed by atoms with van der Waals surface area (Å²) in [5.41, 5.74) is 3.73. The Labute approximate surface area is 118 Å². The summed E-state index contributed by atoms with van der Waals surface area (Å²) < 4.78 is 0. The molecule has 3 rings (SSSR count). The molecule has 2 nitrogen and oxygen atoms in total. The van der Waals surface area contributed by atoms with Crippen molar-refractivity contribution in [3.8, 4) is 0 Å². The Kier molecular flexibility index (Phi) is 3.22. The molecule has 0 saturated carbocycles. The number of rotatable bonds is 1. The minimum absolute atomic E-state index is 0.0173. The number of hydrogen-bond donors (Lipinski definition) is 1. The summed E-state index contributed by atoms with van der Waals surface area (Å²) in [4.78, 5) is 1.90. The molecular weight excluding hydrogens is 254 g/mol. The van der Waals surface area contributed by atoms with Gasteiger partial charge < -0.3 is 10.0 Å². The fourth-order valence-corrected chi connectivity index (χ4v) is 2.96. The molecule has 1 aliphatic rings. The molecular formula is C16H15NOS. The number of thiocarbonyl (C=S) groups is 1. The van der Waals surface area contributed by atoms with Crippen molar-refractivity contribution >= 4 is 17.4 Å². The molecule has 0 bridgehead atoms. The number of fused-ring (bicyclic) bond motifs is 1. The van der Waals surface area contributed by atoms with Crippen molar-refractivity contribution in [3.05, 3.63) is 71.3 Å². The first-order valence-electron chi connectivity index (χ1n) is 6.39. The van der Waals surface area contributed by atoms with Crippen molar-refractivity contribution in [1.29, 1.82) is 0 Å². The van der Waals surface area contributed by atoms with Crippen LogP contribution in [-0.2, 0) is 6.42 Å². The van der Waals surface area contributed by atoms with E-state index in [4.69, 9.17) is 12.2 Å². The third kappa shape index (κ3) is 2.22. The highest BCUT2D eigenvalue weighted by molar-refractivity contribution is 7.79. The molecule has 1 atom stereocenters. The van der Waals surface area contributed by atoms with Crippen molar-refractivity contribution < 1.29 is 5.11 Å². The van der Waals surface area contributed by atoms with Gasteiger partial charge in [0, 0.05) is 6.54 Å². The Morgan fingerprint density at radius 2 is 1.74 bits per heavy atom. The van der Waals surface area contributed by atoms with E-state index in [0.29, 0.717) is 0 Å². The fourth-order valence-electron chi connectivity index (χ4n) is 2.77. The van der Waals surface area contributed by atoms with Crippen LogP contribution in [0.4, 0.5) is 0 Å². The van der Waals surface area contributed by atoms with Gasteiger partial charge >= 0.3 is 0 Å². The van der Waals surface area contributed by atoms with Gasteiger partial charge in [0.05, 0.1) is 6.04 Å². The molecule has 0 aliphatic carbocycles. The van der Waals surface area contributed by atoms with Gasteiger partial charge in [0.25, 0.3) is 5.17 Å². The molecule has 19 heavy (non-hydrogen) atoms. The van der Waals surface area contributed by atoms with Gasteiger partial charge in [-0.2, -0.15) is 0 Å². The number of benzene rings is 2. The van der Waals surface area contributed by atoms with Crippen LogP contribution < -0.4 is 0 Å². The highest BCUT2D eigenvalue weighted by Crippen LogP contribution is 2.34. The molecule has 0 amide bonds. The van der Waals surface area contributed by atoms with Gasteiger partial charge in [0.1, 0.15) is 0 Å². The highest BCUT2D eigenvalue weighted by atomic mass is 32.1. The minimum atomic E-state index is -0.0247.